The molecule has 4 rings (SSSR count). The van der Waals surface area contributed by atoms with E-state index in [2.05, 4.69) is 13.8 Å². The number of allylic oxidation sites excluding steroid dienone is 2. The van der Waals surface area contributed by atoms with Crippen molar-refractivity contribution < 1.29 is 19.1 Å². The van der Waals surface area contributed by atoms with E-state index in [9.17, 15) is 9.59 Å². The maximum Gasteiger partial charge on any atom is 0.232 e. The van der Waals surface area contributed by atoms with E-state index >= 15 is 0 Å². The van der Waals surface area contributed by atoms with Gasteiger partial charge in [0.05, 0.1) is 19.9 Å². The van der Waals surface area contributed by atoms with Crippen molar-refractivity contribution in [2.24, 2.45) is 5.41 Å². The van der Waals surface area contributed by atoms with Crippen molar-refractivity contribution >= 4 is 29.0 Å². The van der Waals surface area contributed by atoms with Crippen molar-refractivity contribution in [1.29, 1.82) is 0 Å². The number of carbonyl (C=O) groups is 2. The Kier molecular flexibility index (Phi) is 5.80. The monoisotopic (exact) mass is 453 g/mol. The third-order valence-corrected chi connectivity index (χ3v) is 6.60. The molecule has 1 amide bonds. The van der Waals surface area contributed by atoms with Crippen LogP contribution in [0.5, 0.6) is 11.5 Å². The smallest absolute Gasteiger partial charge is 0.232 e. The molecular weight excluding hydrogens is 426 g/mol. The summed E-state index contributed by atoms with van der Waals surface area (Å²) >= 11 is 6.28. The fraction of sp³-hybridized carbons (Fsp3) is 0.385. The third kappa shape index (κ3) is 3.90. The third-order valence-electron chi connectivity index (χ3n) is 6.36. The molecule has 32 heavy (non-hydrogen) atoms. The lowest BCUT2D eigenvalue weighted by Crippen LogP contribution is -2.44. The molecule has 2 aromatic carbocycles. The first-order valence-electron chi connectivity index (χ1n) is 10.7. The predicted octanol–water partition coefficient (Wildman–Crippen LogP) is 5.83. The second-order valence-electron chi connectivity index (χ2n) is 9.33. The summed E-state index contributed by atoms with van der Waals surface area (Å²) in [5.41, 5.74) is 3.82. The zero-order chi connectivity index (χ0) is 23.2. The first kappa shape index (κ1) is 22.4. The molecule has 0 fully saturated rings. The summed E-state index contributed by atoms with van der Waals surface area (Å²) in [7, 11) is 3.16. The molecule has 1 heterocycles. The number of methoxy groups -OCH3 is 2. The Labute approximate surface area is 194 Å². The van der Waals surface area contributed by atoms with E-state index in [-0.39, 0.29) is 29.4 Å². The fourth-order valence-electron chi connectivity index (χ4n) is 4.87. The Morgan fingerprint density at radius 1 is 1.00 bits per heavy atom. The van der Waals surface area contributed by atoms with Crippen LogP contribution in [0, 0.1) is 12.3 Å². The number of hydrogen-bond donors (Lipinski definition) is 0. The quantitative estimate of drug-likeness (QED) is 0.584. The van der Waals surface area contributed by atoms with Crippen LogP contribution in [0.1, 0.15) is 50.2 Å². The molecule has 0 saturated carbocycles. The molecule has 168 valence electrons. The van der Waals surface area contributed by atoms with Crippen LogP contribution in [0.4, 0.5) is 5.69 Å². The highest BCUT2D eigenvalue weighted by atomic mass is 35.5. The van der Waals surface area contributed by atoms with E-state index in [4.69, 9.17) is 21.1 Å². The molecule has 1 aliphatic carbocycles. The van der Waals surface area contributed by atoms with Gasteiger partial charge in [0.25, 0.3) is 0 Å². The van der Waals surface area contributed by atoms with Crippen molar-refractivity contribution in [3.8, 4) is 11.5 Å². The van der Waals surface area contributed by atoms with Crippen LogP contribution in [0.3, 0.4) is 0 Å². The summed E-state index contributed by atoms with van der Waals surface area (Å²) in [6.45, 7) is 6.10. The molecule has 0 spiro atoms. The van der Waals surface area contributed by atoms with Gasteiger partial charge in [0.1, 0.15) is 0 Å². The van der Waals surface area contributed by atoms with Crippen LogP contribution in [-0.2, 0) is 9.59 Å². The van der Waals surface area contributed by atoms with Gasteiger partial charge in [0.2, 0.25) is 5.91 Å². The van der Waals surface area contributed by atoms with Gasteiger partial charge in [-0.25, -0.2) is 0 Å². The Morgan fingerprint density at radius 3 is 2.41 bits per heavy atom. The summed E-state index contributed by atoms with van der Waals surface area (Å²) in [4.78, 5) is 28.8. The van der Waals surface area contributed by atoms with E-state index in [1.54, 1.807) is 19.1 Å². The van der Waals surface area contributed by atoms with Gasteiger partial charge in [0, 0.05) is 35.1 Å². The molecule has 5 nitrogen and oxygen atoms in total. The number of ketones is 1. The van der Waals surface area contributed by atoms with Crippen molar-refractivity contribution in [1.82, 2.24) is 0 Å². The number of Topliss-reactive ketones (excluding diaryl/α,β-unsaturated/α-hetero) is 1. The second-order valence-corrected chi connectivity index (χ2v) is 9.77. The molecule has 0 bridgehead atoms. The zero-order valence-electron chi connectivity index (χ0n) is 19.1. The zero-order valence-corrected chi connectivity index (χ0v) is 19.9. The van der Waals surface area contributed by atoms with Gasteiger partial charge in [-0.3, -0.25) is 14.5 Å². The lowest BCUT2D eigenvalue weighted by molar-refractivity contribution is -0.121. The van der Waals surface area contributed by atoms with E-state index in [1.165, 1.54) is 0 Å². The van der Waals surface area contributed by atoms with Gasteiger partial charge < -0.3 is 9.47 Å². The van der Waals surface area contributed by atoms with Crippen molar-refractivity contribution in [3.05, 3.63) is 63.8 Å². The minimum absolute atomic E-state index is 0.0422. The highest BCUT2D eigenvalue weighted by Gasteiger charge is 2.44. The molecule has 2 aliphatic rings. The fourth-order valence-corrected chi connectivity index (χ4v) is 5.04. The topological polar surface area (TPSA) is 55.8 Å². The number of anilines is 1. The minimum Gasteiger partial charge on any atom is -0.493 e. The number of rotatable bonds is 4. The van der Waals surface area contributed by atoms with E-state index < -0.39 is 0 Å². The van der Waals surface area contributed by atoms with Crippen LogP contribution in [-0.4, -0.2) is 25.9 Å². The average Bonchev–Trinajstić information content (AvgIpc) is 2.73. The molecule has 0 aromatic heterocycles. The molecule has 1 aliphatic heterocycles. The van der Waals surface area contributed by atoms with Gasteiger partial charge in [-0.2, -0.15) is 0 Å². The first-order valence-corrected chi connectivity index (χ1v) is 11.1. The number of ether oxygens (including phenoxy) is 2. The van der Waals surface area contributed by atoms with Gasteiger partial charge in [0.15, 0.2) is 17.3 Å². The maximum absolute atomic E-state index is 13.6. The van der Waals surface area contributed by atoms with Crippen LogP contribution in [0.2, 0.25) is 5.02 Å². The van der Waals surface area contributed by atoms with Crippen LogP contribution in [0.25, 0.3) is 0 Å². The number of halogens is 1. The van der Waals surface area contributed by atoms with Crippen molar-refractivity contribution in [3.63, 3.8) is 0 Å². The average molecular weight is 454 g/mol. The lowest BCUT2D eigenvalue weighted by Gasteiger charge is -2.43. The number of aryl methyl sites for hydroxylation is 1. The standard InChI is InChI=1S/C26H28ClNO4/c1-15-6-8-17(27)11-19(15)28-20-13-26(2,3)14-21(29)25(20)18(12-24(28)30)16-7-9-22(31-4)23(10-16)32-5/h6-11,18H,12-14H2,1-5H3/t18-/m0/s1. The van der Waals surface area contributed by atoms with E-state index in [0.29, 0.717) is 29.4 Å². The summed E-state index contributed by atoms with van der Waals surface area (Å²) in [6, 6.07) is 11.1. The Balaban J connectivity index is 1.91. The molecule has 6 heteroatoms. The predicted molar refractivity (Wildman–Crippen MR) is 126 cm³/mol. The normalized spacial score (nSPS) is 20.3. The lowest BCUT2D eigenvalue weighted by atomic mass is 9.69. The highest BCUT2D eigenvalue weighted by molar-refractivity contribution is 6.31. The Bertz CT molecular complexity index is 1130. The van der Waals surface area contributed by atoms with Crippen molar-refractivity contribution in [2.75, 3.05) is 19.1 Å². The first-order chi connectivity index (χ1) is 15.1. The largest absolute Gasteiger partial charge is 0.493 e. The van der Waals surface area contributed by atoms with E-state index in [0.717, 1.165) is 28.1 Å². The number of amides is 1. The molecular formula is C26H28ClNO4. The molecule has 0 N–H and O–H groups in total. The highest BCUT2D eigenvalue weighted by Crippen LogP contribution is 2.49. The Morgan fingerprint density at radius 2 is 1.72 bits per heavy atom. The molecule has 0 saturated heterocycles. The van der Waals surface area contributed by atoms with Crippen LogP contribution >= 0.6 is 11.6 Å². The number of hydrogen-bond acceptors (Lipinski definition) is 4. The van der Waals surface area contributed by atoms with Gasteiger partial charge in [-0.1, -0.05) is 37.6 Å². The summed E-state index contributed by atoms with van der Waals surface area (Å²) in [6.07, 6.45) is 1.29. The van der Waals surface area contributed by atoms with Crippen LogP contribution < -0.4 is 14.4 Å². The second kappa shape index (κ2) is 8.28. The number of nitrogens with zero attached hydrogens (tertiary/aromatic N) is 1. The Hall–Kier alpha value is -2.79. The van der Waals surface area contributed by atoms with E-state index in [1.807, 2.05) is 43.3 Å². The van der Waals surface area contributed by atoms with Gasteiger partial charge in [-0.05, 0) is 54.2 Å². The molecule has 1 atom stereocenters. The SMILES string of the molecule is COc1ccc([C@@H]2CC(=O)N(c3cc(Cl)ccc3C)C3=C2C(=O)CC(C)(C)C3)cc1OC. The molecule has 2 aromatic rings. The minimum atomic E-state index is -0.323. The molecule has 0 unspecified atom stereocenters. The number of carbonyl (C=O) groups excluding carboxylic acids is 2. The van der Waals surface area contributed by atoms with Gasteiger partial charge in [-0.15, -0.1) is 0 Å². The van der Waals surface area contributed by atoms with Crippen molar-refractivity contribution in [2.45, 2.75) is 46.0 Å². The van der Waals surface area contributed by atoms with Gasteiger partial charge >= 0.3 is 0 Å². The maximum atomic E-state index is 13.6. The molecule has 0 radical (unpaired) electrons. The summed E-state index contributed by atoms with van der Waals surface area (Å²) in [5.74, 6) is 0.917. The van der Waals surface area contributed by atoms with Crippen LogP contribution in [0.15, 0.2) is 47.7 Å². The number of benzene rings is 2. The summed E-state index contributed by atoms with van der Waals surface area (Å²) in [5, 5.41) is 0.559. The summed E-state index contributed by atoms with van der Waals surface area (Å²) < 4.78 is 10.8.